The van der Waals surface area contributed by atoms with E-state index in [2.05, 4.69) is 11.4 Å². The quantitative estimate of drug-likeness (QED) is 0.289. The third-order valence-electron chi connectivity index (χ3n) is 8.53. The predicted octanol–water partition coefficient (Wildman–Crippen LogP) is 6.77. The van der Waals surface area contributed by atoms with Gasteiger partial charge in [0.1, 0.15) is 11.9 Å². The number of pyridine rings is 1. The molecule has 0 spiro atoms. The van der Waals surface area contributed by atoms with E-state index in [9.17, 15) is 32.7 Å². The van der Waals surface area contributed by atoms with E-state index in [4.69, 9.17) is 0 Å². The maximum atomic E-state index is 15.4. The molecule has 3 aromatic rings. The molecular weight excluding hydrogens is 602 g/mol. The zero-order valence-electron chi connectivity index (χ0n) is 26.6. The van der Waals surface area contributed by atoms with Crippen LogP contribution < -0.4 is 10.9 Å². The third-order valence-corrected chi connectivity index (χ3v) is 8.53. The molecule has 0 saturated carbocycles. The van der Waals surface area contributed by atoms with Crippen LogP contribution in [0, 0.1) is 19.7 Å². The van der Waals surface area contributed by atoms with Crippen LogP contribution in [0.4, 0.5) is 17.6 Å². The lowest BCUT2D eigenvalue weighted by Crippen LogP contribution is -2.40. The van der Waals surface area contributed by atoms with Crippen LogP contribution in [0.2, 0.25) is 0 Å². The zero-order valence-corrected chi connectivity index (χ0v) is 26.6. The molecule has 0 saturated heterocycles. The number of nitrogens with zero attached hydrogens (tertiary/aromatic N) is 2. The summed E-state index contributed by atoms with van der Waals surface area (Å²) in [5.41, 5.74) is 2.57. The molecule has 0 unspecified atom stereocenters. The number of carbonyl (C=O) groups is 2. The number of nitrogens with one attached hydrogen (secondary N) is 1. The van der Waals surface area contributed by atoms with Gasteiger partial charge in [-0.05, 0) is 93.6 Å². The molecular formula is C35H41F4N3O4. The van der Waals surface area contributed by atoms with Crippen molar-refractivity contribution in [2.45, 2.75) is 83.5 Å². The number of alkyl halides is 3. The summed E-state index contributed by atoms with van der Waals surface area (Å²) in [6, 6.07) is 6.56. The summed E-state index contributed by atoms with van der Waals surface area (Å²) in [6.45, 7) is 4.25. The third kappa shape index (κ3) is 8.43. The fourth-order valence-corrected chi connectivity index (χ4v) is 6.36. The molecule has 11 heteroatoms. The van der Waals surface area contributed by atoms with E-state index in [1.807, 2.05) is 19.9 Å². The van der Waals surface area contributed by atoms with Gasteiger partial charge in [0.2, 0.25) is 5.91 Å². The largest absolute Gasteiger partial charge is 0.481 e. The lowest BCUT2D eigenvalue weighted by Gasteiger charge is -2.26. The van der Waals surface area contributed by atoms with E-state index in [-0.39, 0.29) is 30.5 Å². The second-order valence-electron chi connectivity index (χ2n) is 12.5. The molecule has 1 aliphatic heterocycles. The van der Waals surface area contributed by atoms with Gasteiger partial charge in [-0.2, -0.15) is 13.2 Å². The molecule has 4 rings (SSSR count). The van der Waals surface area contributed by atoms with Crippen molar-refractivity contribution in [1.29, 1.82) is 0 Å². The van der Waals surface area contributed by atoms with Crippen LogP contribution in [0.15, 0.2) is 47.4 Å². The van der Waals surface area contributed by atoms with Gasteiger partial charge in [0.05, 0.1) is 18.0 Å². The first-order valence-electron chi connectivity index (χ1n) is 15.5. The second kappa shape index (κ2) is 14.6. The molecule has 0 fully saturated rings. The van der Waals surface area contributed by atoms with E-state index in [1.165, 1.54) is 6.07 Å². The SMILES string of the molecule is Cc1cc(C)c2c(c1)CCCCCC[C@H](n1cc(CCN(C)C)c(C(F)(F)F)cc1=O)C(=O)N[C@@H](CC(=O)O)c1cc-2ccc1F. The first-order chi connectivity index (χ1) is 21.6. The number of hydrogen-bond donors (Lipinski definition) is 2. The van der Waals surface area contributed by atoms with E-state index in [1.54, 1.807) is 31.1 Å². The number of hydrogen-bond acceptors (Lipinski definition) is 4. The van der Waals surface area contributed by atoms with Crippen molar-refractivity contribution in [3.8, 4) is 11.1 Å². The van der Waals surface area contributed by atoms with Crippen LogP contribution in [-0.4, -0.2) is 47.1 Å². The molecule has 0 radical (unpaired) electrons. The Balaban J connectivity index is 1.83. The van der Waals surface area contributed by atoms with Gasteiger partial charge in [0.15, 0.2) is 0 Å². The summed E-state index contributed by atoms with van der Waals surface area (Å²) in [6.07, 6.45) is -0.624. The van der Waals surface area contributed by atoms with Gasteiger partial charge in [-0.15, -0.1) is 0 Å². The number of likely N-dealkylation sites (N-methyl/N-ethyl adjacent to an activating group) is 1. The zero-order chi connectivity index (χ0) is 33.8. The van der Waals surface area contributed by atoms with E-state index < -0.39 is 53.5 Å². The number of amides is 1. The second-order valence-corrected chi connectivity index (χ2v) is 12.5. The summed E-state index contributed by atoms with van der Waals surface area (Å²) in [5.74, 6) is -2.76. The normalized spacial score (nSPS) is 18.0. The van der Waals surface area contributed by atoms with E-state index >= 15 is 4.39 Å². The smallest absolute Gasteiger partial charge is 0.416 e. The number of carbonyl (C=O) groups excluding carboxylic acids is 1. The maximum absolute atomic E-state index is 15.4. The number of halogens is 4. The number of rotatable bonds is 6. The van der Waals surface area contributed by atoms with Gasteiger partial charge < -0.3 is 19.9 Å². The van der Waals surface area contributed by atoms with Crippen molar-refractivity contribution >= 4 is 11.9 Å². The highest BCUT2D eigenvalue weighted by molar-refractivity contribution is 5.82. The molecule has 2 heterocycles. The average Bonchev–Trinajstić information content (AvgIpc) is 2.95. The van der Waals surface area contributed by atoms with Crippen LogP contribution in [-0.2, 0) is 28.6 Å². The Morgan fingerprint density at radius 1 is 1.04 bits per heavy atom. The first-order valence-corrected chi connectivity index (χ1v) is 15.5. The minimum absolute atomic E-state index is 0.0183. The Morgan fingerprint density at radius 2 is 1.76 bits per heavy atom. The number of carboxylic acid groups (broad SMARTS) is 1. The minimum Gasteiger partial charge on any atom is -0.481 e. The van der Waals surface area contributed by atoms with Crippen molar-refractivity contribution in [2.24, 2.45) is 0 Å². The predicted molar refractivity (Wildman–Crippen MR) is 168 cm³/mol. The van der Waals surface area contributed by atoms with E-state index in [0.29, 0.717) is 24.5 Å². The summed E-state index contributed by atoms with van der Waals surface area (Å²) in [4.78, 5) is 40.8. The fourth-order valence-electron chi connectivity index (χ4n) is 6.36. The standard InChI is InChI=1S/C35H41F4N3O4/c1-21-15-22(2)33-23(16-21)9-7-5-6-8-10-30(34(46)40-29(19-32(44)45)26-17-24(33)11-12-28(26)36)42-20-25(13-14-41(3)4)27(18-31(42)43)35(37,38)39/h11-12,15-18,20,29-30H,5-10,13-14,19H2,1-4H3,(H,40,46)(H,44,45)/t29-,30-/m0/s1. The molecule has 2 aromatic carbocycles. The topological polar surface area (TPSA) is 91.6 Å². The molecule has 1 aliphatic rings. The van der Waals surface area contributed by atoms with Crippen LogP contribution in [0.5, 0.6) is 0 Å². The van der Waals surface area contributed by atoms with Crippen molar-refractivity contribution in [3.63, 3.8) is 0 Å². The molecule has 1 amide bonds. The first kappa shape index (κ1) is 34.9. The maximum Gasteiger partial charge on any atom is 0.416 e. The number of fused-ring (bicyclic) bond motifs is 4. The Kier molecular flexibility index (Phi) is 11.1. The van der Waals surface area contributed by atoms with Gasteiger partial charge in [-0.25, -0.2) is 4.39 Å². The summed E-state index contributed by atoms with van der Waals surface area (Å²) < 4.78 is 58.3. The van der Waals surface area contributed by atoms with Crippen molar-refractivity contribution in [3.05, 3.63) is 92.1 Å². The number of aryl methyl sites for hydroxylation is 3. The van der Waals surface area contributed by atoms with Crippen molar-refractivity contribution in [1.82, 2.24) is 14.8 Å². The molecule has 2 bridgehead atoms. The molecule has 0 aliphatic carbocycles. The van der Waals surface area contributed by atoms with Crippen molar-refractivity contribution in [2.75, 3.05) is 20.6 Å². The number of carboxylic acids is 1. The molecule has 46 heavy (non-hydrogen) atoms. The Hall–Kier alpha value is -3.99. The molecule has 2 atom stereocenters. The molecule has 2 N–H and O–H groups in total. The Bertz CT molecular complexity index is 1650. The molecule has 1 aromatic heterocycles. The van der Waals surface area contributed by atoms with Crippen LogP contribution in [0.25, 0.3) is 11.1 Å². The number of aromatic nitrogens is 1. The summed E-state index contributed by atoms with van der Waals surface area (Å²) >= 11 is 0. The minimum atomic E-state index is -4.77. The lowest BCUT2D eigenvalue weighted by molar-refractivity contribution is -0.139. The van der Waals surface area contributed by atoms with Crippen LogP contribution in [0.1, 0.15) is 84.0 Å². The Morgan fingerprint density at radius 3 is 2.43 bits per heavy atom. The van der Waals surface area contributed by atoms with Gasteiger partial charge in [-0.3, -0.25) is 14.4 Å². The van der Waals surface area contributed by atoms with Crippen molar-refractivity contribution < 1.29 is 32.3 Å². The average molecular weight is 644 g/mol. The lowest BCUT2D eigenvalue weighted by atomic mass is 9.88. The Labute approximate surface area is 266 Å². The summed E-state index contributed by atoms with van der Waals surface area (Å²) in [5, 5.41) is 12.4. The monoisotopic (exact) mass is 643 g/mol. The van der Waals surface area contributed by atoms with Crippen LogP contribution >= 0.6 is 0 Å². The fraction of sp³-hybridized carbons (Fsp3) is 0.457. The van der Waals surface area contributed by atoms with Gasteiger partial charge in [0.25, 0.3) is 5.56 Å². The number of benzene rings is 2. The van der Waals surface area contributed by atoms with E-state index in [0.717, 1.165) is 52.3 Å². The molecule has 248 valence electrons. The van der Waals surface area contributed by atoms with Crippen LogP contribution in [0.3, 0.4) is 0 Å². The van der Waals surface area contributed by atoms with Gasteiger partial charge in [0, 0.05) is 24.4 Å². The molecule has 7 nitrogen and oxygen atoms in total. The van der Waals surface area contributed by atoms with Gasteiger partial charge in [-0.1, -0.05) is 43.0 Å². The highest BCUT2D eigenvalue weighted by Crippen LogP contribution is 2.35. The van der Waals surface area contributed by atoms with Gasteiger partial charge >= 0.3 is 12.1 Å². The highest BCUT2D eigenvalue weighted by Gasteiger charge is 2.36. The summed E-state index contributed by atoms with van der Waals surface area (Å²) in [7, 11) is 3.43. The highest BCUT2D eigenvalue weighted by atomic mass is 19.4. The number of aliphatic carboxylic acids is 1.